The van der Waals surface area contributed by atoms with E-state index in [4.69, 9.17) is 5.73 Å². The van der Waals surface area contributed by atoms with Crippen LogP contribution in [0.4, 0.5) is 17.6 Å². The molecule has 0 unspecified atom stereocenters. The number of fused-ring (bicyclic) bond motifs is 2. The van der Waals surface area contributed by atoms with E-state index in [0.717, 1.165) is 12.1 Å². The summed E-state index contributed by atoms with van der Waals surface area (Å²) in [7, 11) is 0. The standard InChI is InChI=1S/C22H16F4N4O4/c23-13-3-2-12(9-14(13)24)20-19(21(27)32)15-10-29(5-6-30(15)28-20)18(31)8-11-1-4-16-17(7-11)34-22(25,26)33-16/h1-4,7,9H,5-6,8,10H2,(H2,27,32). The van der Waals surface area contributed by atoms with Crippen LogP contribution in [0.5, 0.6) is 11.5 Å². The summed E-state index contributed by atoms with van der Waals surface area (Å²) in [5.74, 6) is -3.59. The van der Waals surface area contributed by atoms with Gasteiger partial charge in [-0.1, -0.05) is 6.07 Å². The molecule has 0 saturated heterocycles. The molecule has 1 aromatic heterocycles. The molecule has 2 aromatic carbocycles. The van der Waals surface area contributed by atoms with Crippen molar-refractivity contribution in [1.29, 1.82) is 0 Å². The zero-order valence-corrected chi connectivity index (χ0v) is 17.4. The normalized spacial score (nSPS) is 15.8. The number of aromatic nitrogens is 2. The van der Waals surface area contributed by atoms with Crippen molar-refractivity contribution in [3.05, 3.63) is 64.9 Å². The minimum absolute atomic E-state index is 0.00357. The Hall–Kier alpha value is -4.09. The quantitative estimate of drug-likeness (QED) is 0.584. The summed E-state index contributed by atoms with van der Waals surface area (Å²) in [6.07, 6.45) is -3.87. The zero-order valence-electron chi connectivity index (χ0n) is 17.4. The van der Waals surface area contributed by atoms with Crippen LogP contribution in [0.15, 0.2) is 36.4 Å². The molecule has 0 spiro atoms. The Morgan fingerprint density at radius 3 is 2.53 bits per heavy atom. The molecule has 0 fully saturated rings. The SMILES string of the molecule is NC(=O)c1c(-c2ccc(F)c(F)c2)nn2c1CN(C(=O)Cc1ccc3c(c1)OC(F)(F)O3)CC2. The maximum Gasteiger partial charge on any atom is 0.586 e. The van der Waals surface area contributed by atoms with E-state index in [9.17, 15) is 27.2 Å². The number of carbonyl (C=O) groups is 2. The van der Waals surface area contributed by atoms with Gasteiger partial charge in [-0.3, -0.25) is 14.3 Å². The number of nitrogens with zero attached hydrogens (tertiary/aromatic N) is 3. The third-order valence-corrected chi connectivity index (χ3v) is 5.59. The van der Waals surface area contributed by atoms with E-state index < -0.39 is 23.8 Å². The average Bonchev–Trinajstić information content (AvgIpc) is 3.30. The van der Waals surface area contributed by atoms with E-state index >= 15 is 0 Å². The van der Waals surface area contributed by atoms with Crippen LogP contribution >= 0.6 is 0 Å². The first-order valence-electron chi connectivity index (χ1n) is 10.1. The van der Waals surface area contributed by atoms with Gasteiger partial charge in [-0.15, -0.1) is 8.78 Å². The Balaban J connectivity index is 1.39. The highest BCUT2D eigenvalue weighted by Crippen LogP contribution is 2.41. The van der Waals surface area contributed by atoms with Crippen LogP contribution in [-0.2, 0) is 24.3 Å². The van der Waals surface area contributed by atoms with E-state index in [0.29, 0.717) is 11.3 Å². The van der Waals surface area contributed by atoms with Crippen LogP contribution < -0.4 is 15.2 Å². The topological polar surface area (TPSA) is 99.7 Å². The zero-order chi connectivity index (χ0) is 24.2. The van der Waals surface area contributed by atoms with Gasteiger partial charge in [0.05, 0.1) is 30.8 Å². The first-order chi connectivity index (χ1) is 16.1. The third kappa shape index (κ3) is 3.80. The fraction of sp³-hybridized carbons (Fsp3) is 0.227. The molecule has 34 heavy (non-hydrogen) atoms. The van der Waals surface area contributed by atoms with Gasteiger partial charge in [0, 0.05) is 12.1 Å². The molecule has 3 aromatic rings. The fourth-order valence-electron chi connectivity index (χ4n) is 4.02. The number of amides is 2. The smallest absolute Gasteiger partial charge is 0.395 e. The van der Waals surface area contributed by atoms with Crippen molar-refractivity contribution in [2.75, 3.05) is 6.54 Å². The van der Waals surface area contributed by atoms with Gasteiger partial charge < -0.3 is 20.1 Å². The minimum Gasteiger partial charge on any atom is -0.395 e. The largest absolute Gasteiger partial charge is 0.586 e. The molecule has 2 N–H and O–H groups in total. The summed E-state index contributed by atoms with van der Waals surface area (Å²) >= 11 is 0. The number of primary amides is 1. The van der Waals surface area contributed by atoms with E-state index in [1.165, 1.54) is 33.8 Å². The Morgan fingerprint density at radius 2 is 1.79 bits per heavy atom. The molecule has 0 bridgehead atoms. The van der Waals surface area contributed by atoms with Gasteiger partial charge in [0.25, 0.3) is 5.91 Å². The Bertz CT molecular complexity index is 1340. The number of hydrogen-bond acceptors (Lipinski definition) is 5. The summed E-state index contributed by atoms with van der Waals surface area (Å²) in [5, 5.41) is 4.33. The van der Waals surface area contributed by atoms with Crippen LogP contribution in [0, 0.1) is 11.6 Å². The molecule has 0 radical (unpaired) electrons. The van der Waals surface area contributed by atoms with Crippen molar-refractivity contribution >= 4 is 11.8 Å². The van der Waals surface area contributed by atoms with E-state index in [1.807, 2.05) is 0 Å². The Morgan fingerprint density at radius 1 is 1.03 bits per heavy atom. The molecule has 2 amide bonds. The van der Waals surface area contributed by atoms with Crippen molar-refractivity contribution in [2.45, 2.75) is 25.8 Å². The number of carbonyl (C=O) groups excluding carboxylic acids is 2. The van der Waals surface area contributed by atoms with Crippen molar-refractivity contribution in [3.63, 3.8) is 0 Å². The van der Waals surface area contributed by atoms with Crippen molar-refractivity contribution < 1.29 is 36.6 Å². The van der Waals surface area contributed by atoms with Gasteiger partial charge in [-0.25, -0.2) is 8.78 Å². The lowest BCUT2D eigenvalue weighted by Crippen LogP contribution is -2.40. The molecule has 5 rings (SSSR count). The summed E-state index contributed by atoms with van der Waals surface area (Å²) in [4.78, 5) is 26.6. The molecular formula is C22H16F4N4O4. The predicted octanol–water partition coefficient (Wildman–Crippen LogP) is 2.83. The molecule has 12 heteroatoms. The third-order valence-electron chi connectivity index (χ3n) is 5.59. The van der Waals surface area contributed by atoms with Gasteiger partial charge >= 0.3 is 6.29 Å². The average molecular weight is 476 g/mol. The molecule has 3 heterocycles. The summed E-state index contributed by atoms with van der Waals surface area (Å²) in [6.45, 7) is 0.486. The summed E-state index contributed by atoms with van der Waals surface area (Å²) in [5.41, 5.74) is 6.62. The summed E-state index contributed by atoms with van der Waals surface area (Å²) in [6, 6.07) is 7.20. The molecule has 176 valence electrons. The molecule has 0 aliphatic carbocycles. The maximum atomic E-state index is 13.7. The van der Waals surface area contributed by atoms with Crippen molar-refractivity contribution in [3.8, 4) is 22.8 Å². The van der Waals surface area contributed by atoms with Gasteiger partial charge in [0.15, 0.2) is 23.1 Å². The Labute approximate surface area is 189 Å². The number of benzene rings is 2. The van der Waals surface area contributed by atoms with E-state index in [1.54, 1.807) is 0 Å². The lowest BCUT2D eigenvalue weighted by atomic mass is 10.0. The van der Waals surface area contributed by atoms with Crippen molar-refractivity contribution in [2.24, 2.45) is 5.73 Å². The number of ether oxygens (including phenoxy) is 2. The number of alkyl halides is 2. The lowest BCUT2D eigenvalue weighted by molar-refractivity contribution is -0.286. The number of hydrogen-bond donors (Lipinski definition) is 1. The van der Waals surface area contributed by atoms with Crippen LogP contribution in [-0.4, -0.2) is 39.3 Å². The number of halogens is 4. The first-order valence-corrected chi connectivity index (χ1v) is 10.1. The highest BCUT2D eigenvalue weighted by atomic mass is 19.3. The minimum atomic E-state index is -3.76. The number of rotatable bonds is 4. The summed E-state index contributed by atoms with van der Waals surface area (Å²) < 4.78 is 63.8. The first kappa shape index (κ1) is 21.7. The van der Waals surface area contributed by atoms with Crippen LogP contribution in [0.3, 0.4) is 0 Å². The highest BCUT2D eigenvalue weighted by Gasteiger charge is 2.43. The lowest BCUT2D eigenvalue weighted by Gasteiger charge is -2.28. The van der Waals surface area contributed by atoms with E-state index in [2.05, 4.69) is 14.6 Å². The molecule has 8 nitrogen and oxygen atoms in total. The molecule has 0 atom stereocenters. The van der Waals surface area contributed by atoms with Gasteiger partial charge in [0.1, 0.15) is 5.69 Å². The highest BCUT2D eigenvalue weighted by molar-refractivity contribution is 6.00. The number of nitrogens with two attached hydrogens (primary N) is 1. The molecular weight excluding hydrogens is 460 g/mol. The maximum absolute atomic E-state index is 13.7. The predicted molar refractivity (Wildman–Crippen MR) is 108 cm³/mol. The van der Waals surface area contributed by atoms with Crippen LogP contribution in [0.25, 0.3) is 11.3 Å². The van der Waals surface area contributed by atoms with Crippen LogP contribution in [0.2, 0.25) is 0 Å². The van der Waals surface area contributed by atoms with E-state index in [-0.39, 0.29) is 60.3 Å². The second-order valence-electron chi connectivity index (χ2n) is 7.83. The molecule has 0 saturated carbocycles. The van der Waals surface area contributed by atoms with Gasteiger partial charge in [0.2, 0.25) is 5.91 Å². The fourth-order valence-corrected chi connectivity index (χ4v) is 4.02. The van der Waals surface area contributed by atoms with Crippen molar-refractivity contribution in [1.82, 2.24) is 14.7 Å². The van der Waals surface area contributed by atoms with Gasteiger partial charge in [-0.2, -0.15) is 5.10 Å². The monoisotopic (exact) mass is 476 g/mol. The second-order valence-corrected chi connectivity index (χ2v) is 7.83. The molecule has 2 aliphatic rings. The Kier molecular flexibility index (Phi) is 4.95. The second kappa shape index (κ2) is 7.75. The molecule has 2 aliphatic heterocycles. The van der Waals surface area contributed by atoms with Gasteiger partial charge in [-0.05, 0) is 35.9 Å². The van der Waals surface area contributed by atoms with Crippen LogP contribution in [0.1, 0.15) is 21.6 Å².